The maximum atomic E-state index is 12.9. The Morgan fingerprint density at radius 2 is 1.88 bits per heavy atom. The molecule has 1 N–H and O–H groups in total. The van der Waals surface area contributed by atoms with Crippen molar-refractivity contribution in [3.63, 3.8) is 0 Å². The molecule has 1 fully saturated rings. The second-order valence-electron chi connectivity index (χ2n) is 6.64. The number of benzene rings is 1. The van der Waals surface area contributed by atoms with Crippen molar-refractivity contribution in [1.29, 1.82) is 0 Å². The van der Waals surface area contributed by atoms with Crippen LogP contribution in [-0.2, 0) is 9.84 Å². The van der Waals surface area contributed by atoms with Gasteiger partial charge in [-0.15, -0.1) is 0 Å². The van der Waals surface area contributed by atoms with Gasteiger partial charge >= 0.3 is 0 Å². The predicted octanol–water partition coefficient (Wildman–Crippen LogP) is 3.78. The minimum absolute atomic E-state index is 0.270. The normalized spacial score (nSPS) is 15.3. The average Bonchev–Trinajstić information content (AvgIpc) is 3.38. The van der Waals surface area contributed by atoms with E-state index in [9.17, 15) is 8.42 Å². The van der Waals surface area contributed by atoms with Gasteiger partial charge in [0, 0.05) is 23.1 Å². The summed E-state index contributed by atoms with van der Waals surface area (Å²) in [6, 6.07) is 8.49. The van der Waals surface area contributed by atoms with Gasteiger partial charge in [0.2, 0.25) is 0 Å². The van der Waals surface area contributed by atoms with Crippen LogP contribution in [0.4, 0.5) is 5.82 Å². The molecular formula is C17H20BrN3O2S. The summed E-state index contributed by atoms with van der Waals surface area (Å²) < 4.78 is 25.7. The smallest absolute Gasteiger partial charge is 0.185 e. The van der Waals surface area contributed by atoms with Gasteiger partial charge in [0.05, 0.1) is 9.64 Å². The molecule has 0 bridgehead atoms. The Morgan fingerprint density at radius 1 is 1.21 bits per heavy atom. The molecular weight excluding hydrogens is 390 g/mol. The van der Waals surface area contributed by atoms with E-state index in [0.29, 0.717) is 16.6 Å². The Morgan fingerprint density at radius 3 is 2.50 bits per heavy atom. The summed E-state index contributed by atoms with van der Waals surface area (Å²) in [6.07, 6.45) is 3.99. The number of hydrogen-bond donors (Lipinski definition) is 1. The van der Waals surface area contributed by atoms with Crippen molar-refractivity contribution in [3.8, 4) is 0 Å². The van der Waals surface area contributed by atoms with Crippen molar-refractivity contribution in [3.05, 3.63) is 46.8 Å². The third-order valence-electron chi connectivity index (χ3n) is 4.16. The van der Waals surface area contributed by atoms with E-state index < -0.39 is 14.6 Å². The largest absolute Gasteiger partial charge is 0.368 e. The van der Waals surface area contributed by atoms with E-state index in [1.54, 1.807) is 50.4 Å². The average molecular weight is 410 g/mol. The van der Waals surface area contributed by atoms with E-state index in [0.717, 1.165) is 23.1 Å². The number of sulfone groups is 1. The lowest BCUT2D eigenvalue weighted by atomic mass is 10.2. The highest BCUT2D eigenvalue weighted by atomic mass is 79.9. The molecule has 128 valence electrons. The number of hydrogen-bond acceptors (Lipinski definition) is 5. The lowest BCUT2D eigenvalue weighted by Crippen LogP contribution is -2.39. The van der Waals surface area contributed by atoms with Crippen LogP contribution < -0.4 is 5.32 Å². The van der Waals surface area contributed by atoms with Gasteiger partial charge in [0.25, 0.3) is 0 Å². The summed E-state index contributed by atoms with van der Waals surface area (Å²) >= 11 is 3.33. The molecule has 1 aliphatic rings. The first-order valence-electron chi connectivity index (χ1n) is 7.87. The van der Waals surface area contributed by atoms with E-state index in [-0.39, 0.29) is 6.54 Å². The molecule has 24 heavy (non-hydrogen) atoms. The van der Waals surface area contributed by atoms with Gasteiger partial charge in [-0.1, -0.05) is 15.9 Å². The molecule has 1 aromatic heterocycles. The molecule has 1 saturated carbocycles. The Kier molecular flexibility index (Phi) is 4.66. The number of rotatable bonds is 6. The molecule has 0 spiro atoms. The quantitative estimate of drug-likeness (QED) is 0.785. The van der Waals surface area contributed by atoms with E-state index in [2.05, 4.69) is 31.2 Å². The van der Waals surface area contributed by atoms with E-state index in [1.807, 2.05) is 0 Å². The van der Waals surface area contributed by atoms with Gasteiger partial charge in [-0.2, -0.15) is 0 Å². The Balaban J connectivity index is 1.75. The Labute approximate surface area is 151 Å². The summed E-state index contributed by atoms with van der Waals surface area (Å²) in [5, 5.41) is 3.16. The second-order valence-corrected chi connectivity index (χ2v) is 10.1. The SMILES string of the molecule is CC(C)(CNc1ccnc(C2CC2)n1)S(=O)(=O)c1ccc(Br)cc1. The Bertz CT molecular complexity index is 831. The molecule has 0 radical (unpaired) electrons. The number of halogens is 1. The maximum Gasteiger partial charge on any atom is 0.185 e. The topological polar surface area (TPSA) is 72.0 Å². The van der Waals surface area contributed by atoms with Crippen LogP contribution in [0.15, 0.2) is 45.9 Å². The van der Waals surface area contributed by atoms with Crippen LogP contribution in [0, 0.1) is 0 Å². The summed E-state index contributed by atoms with van der Waals surface area (Å²) in [5.74, 6) is 1.98. The van der Waals surface area contributed by atoms with Crippen LogP contribution >= 0.6 is 15.9 Å². The monoisotopic (exact) mass is 409 g/mol. The van der Waals surface area contributed by atoms with Crippen molar-refractivity contribution >= 4 is 31.6 Å². The fraction of sp³-hybridized carbons (Fsp3) is 0.412. The standard InChI is InChI=1S/C17H20BrN3O2S/c1-17(2,24(22,23)14-7-5-13(18)6-8-14)11-20-15-9-10-19-16(21-15)12-3-4-12/h5-10,12H,3-4,11H2,1-2H3,(H,19,20,21). The van der Waals surface area contributed by atoms with E-state index in [4.69, 9.17) is 0 Å². The van der Waals surface area contributed by atoms with Crippen LogP contribution in [0.5, 0.6) is 0 Å². The van der Waals surface area contributed by atoms with Crippen molar-refractivity contribution in [2.45, 2.75) is 42.2 Å². The lowest BCUT2D eigenvalue weighted by molar-refractivity contribution is 0.553. The third-order valence-corrected chi connectivity index (χ3v) is 7.18. The molecule has 5 nitrogen and oxygen atoms in total. The van der Waals surface area contributed by atoms with Crippen LogP contribution in [0.2, 0.25) is 0 Å². The van der Waals surface area contributed by atoms with Gasteiger partial charge in [0.15, 0.2) is 9.84 Å². The summed E-state index contributed by atoms with van der Waals surface area (Å²) in [6.45, 7) is 3.72. The molecule has 0 atom stereocenters. The molecule has 0 aliphatic heterocycles. The van der Waals surface area contributed by atoms with Gasteiger partial charge in [-0.3, -0.25) is 0 Å². The number of aromatic nitrogens is 2. The van der Waals surface area contributed by atoms with E-state index >= 15 is 0 Å². The molecule has 1 aliphatic carbocycles. The fourth-order valence-electron chi connectivity index (χ4n) is 2.34. The molecule has 1 aromatic carbocycles. The third kappa shape index (κ3) is 3.62. The van der Waals surface area contributed by atoms with Crippen molar-refractivity contribution in [2.24, 2.45) is 0 Å². The fourth-order valence-corrected chi connectivity index (χ4v) is 4.00. The molecule has 0 unspecified atom stereocenters. The highest BCUT2D eigenvalue weighted by Crippen LogP contribution is 2.38. The first-order chi connectivity index (χ1) is 11.3. The number of nitrogens with zero attached hydrogens (tertiary/aromatic N) is 2. The van der Waals surface area contributed by atoms with Gasteiger partial charge < -0.3 is 5.32 Å². The Hall–Kier alpha value is -1.47. The van der Waals surface area contributed by atoms with Crippen molar-refractivity contribution in [1.82, 2.24) is 9.97 Å². The van der Waals surface area contributed by atoms with Gasteiger partial charge in [-0.25, -0.2) is 18.4 Å². The van der Waals surface area contributed by atoms with Crippen molar-refractivity contribution in [2.75, 3.05) is 11.9 Å². The predicted molar refractivity (Wildman–Crippen MR) is 97.9 cm³/mol. The zero-order chi connectivity index (χ0) is 17.4. The number of nitrogens with one attached hydrogen (secondary N) is 1. The molecule has 1 heterocycles. The number of anilines is 1. The van der Waals surface area contributed by atoms with E-state index in [1.165, 1.54) is 0 Å². The van der Waals surface area contributed by atoms with Crippen LogP contribution in [-0.4, -0.2) is 29.7 Å². The van der Waals surface area contributed by atoms with Crippen LogP contribution in [0.25, 0.3) is 0 Å². The van der Waals surface area contributed by atoms with Crippen LogP contribution in [0.3, 0.4) is 0 Å². The minimum Gasteiger partial charge on any atom is -0.368 e. The van der Waals surface area contributed by atoms with Gasteiger partial charge in [-0.05, 0) is 57.0 Å². The highest BCUT2D eigenvalue weighted by molar-refractivity contribution is 9.10. The maximum absolute atomic E-state index is 12.9. The summed E-state index contributed by atoms with van der Waals surface area (Å²) in [4.78, 5) is 9.08. The van der Waals surface area contributed by atoms with Crippen LogP contribution in [0.1, 0.15) is 38.4 Å². The molecule has 7 heteroatoms. The first kappa shape index (κ1) is 17.4. The lowest BCUT2D eigenvalue weighted by Gasteiger charge is -2.25. The molecule has 3 rings (SSSR count). The van der Waals surface area contributed by atoms with Crippen molar-refractivity contribution < 1.29 is 8.42 Å². The molecule has 2 aromatic rings. The second kappa shape index (κ2) is 6.44. The molecule has 0 amide bonds. The molecule has 0 saturated heterocycles. The zero-order valence-electron chi connectivity index (χ0n) is 13.7. The highest BCUT2D eigenvalue weighted by Gasteiger charge is 2.36. The zero-order valence-corrected chi connectivity index (χ0v) is 16.1. The minimum atomic E-state index is -3.47. The first-order valence-corrected chi connectivity index (χ1v) is 10.1. The summed E-state index contributed by atoms with van der Waals surface area (Å²) in [7, 11) is -3.47. The van der Waals surface area contributed by atoms with Gasteiger partial charge in [0.1, 0.15) is 11.6 Å². The summed E-state index contributed by atoms with van der Waals surface area (Å²) in [5.41, 5.74) is 0.